The Kier molecular flexibility index (Phi) is 4.37. The number of anilines is 1. The molecule has 0 unspecified atom stereocenters. The highest BCUT2D eigenvalue weighted by Gasteiger charge is 2.50. The molecule has 3 aliphatic heterocycles. The molecule has 1 aromatic carbocycles. The molecule has 4 heterocycles. The fourth-order valence-corrected chi connectivity index (χ4v) is 4.77. The smallest absolute Gasteiger partial charge is 0.410 e. The lowest BCUT2D eigenvalue weighted by Gasteiger charge is -2.30. The number of ether oxygens (including phenoxy) is 1. The van der Waals surface area contributed by atoms with Gasteiger partial charge in [-0.2, -0.15) is 0 Å². The largest absolute Gasteiger partial charge is 0.448 e. The molecular weight excluding hydrogens is 374 g/mol. The number of likely N-dealkylation sites (tertiary alicyclic amines) is 1. The summed E-state index contributed by atoms with van der Waals surface area (Å²) in [5, 5.41) is 8.09. The Labute approximate surface area is 168 Å². The number of carbonyl (C=O) groups is 2. The lowest BCUT2D eigenvalue weighted by Crippen LogP contribution is -2.42. The Hall–Kier alpha value is -3.10. The van der Waals surface area contributed by atoms with Crippen LogP contribution < -0.4 is 4.90 Å². The number of benzene rings is 1. The van der Waals surface area contributed by atoms with Gasteiger partial charge in [-0.05, 0) is 5.56 Å². The van der Waals surface area contributed by atoms with Crippen molar-refractivity contribution in [3.05, 3.63) is 41.8 Å². The highest BCUT2D eigenvalue weighted by atomic mass is 16.6. The van der Waals surface area contributed by atoms with Gasteiger partial charge in [0.15, 0.2) is 0 Å². The SMILES string of the molecule is Cc1nnc(N2C[C@H]3CN(C(=O)CN4CCOC4=O)[C@H](c4ccccc4)[C@H]3C2)o1. The van der Waals surface area contributed by atoms with E-state index in [9.17, 15) is 9.59 Å². The van der Waals surface area contributed by atoms with Gasteiger partial charge < -0.3 is 19.0 Å². The van der Waals surface area contributed by atoms with Crippen LogP contribution in [0.3, 0.4) is 0 Å². The lowest BCUT2D eigenvalue weighted by molar-refractivity contribution is -0.133. The molecule has 2 amide bonds. The molecule has 29 heavy (non-hydrogen) atoms. The van der Waals surface area contributed by atoms with Crippen molar-refractivity contribution in [2.24, 2.45) is 11.8 Å². The van der Waals surface area contributed by atoms with Crippen molar-refractivity contribution in [2.45, 2.75) is 13.0 Å². The van der Waals surface area contributed by atoms with Crippen LogP contribution in [0.2, 0.25) is 0 Å². The zero-order valence-corrected chi connectivity index (χ0v) is 16.2. The fourth-order valence-electron chi connectivity index (χ4n) is 4.77. The van der Waals surface area contributed by atoms with E-state index >= 15 is 0 Å². The molecule has 0 saturated carbocycles. The zero-order chi connectivity index (χ0) is 20.0. The summed E-state index contributed by atoms with van der Waals surface area (Å²) in [6.07, 6.45) is -0.410. The molecular formula is C20H23N5O4. The Balaban J connectivity index is 1.39. The standard InChI is InChI=1S/C20H23N5O4/c1-13-21-22-19(29-13)24-9-15-10-25(17(26)12-23-7-8-28-20(23)27)18(16(15)11-24)14-5-3-2-4-6-14/h2-6,15-16,18H,7-12H2,1H3/t15-,16-,18+/m0/s1. The maximum atomic E-state index is 13.1. The van der Waals surface area contributed by atoms with Crippen LogP contribution >= 0.6 is 0 Å². The van der Waals surface area contributed by atoms with Crippen LogP contribution in [0, 0.1) is 18.8 Å². The predicted molar refractivity (Wildman–Crippen MR) is 102 cm³/mol. The van der Waals surface area contributed by atoms with Crippen molar-refractivity contribution >= 4 is 18.0 Å². The molecule has 3 fully saturated rings. The van der Waals surface area contributed by atoms with E-state index in [2.05, 4.69) is 27.2 Å². The van der Waals surface area contributed by atoms with E-state index in [1.165, 1.54) is 4.90 Å². The number of carbonyl (C=O) groups excluding carboxylic acids is 2. The maximum absolute atomic E-state index is 13.1. The number of aryl methyl sites for hydroxylation is 1. The first-order chi connectivity index (χ1) is 14.1. The minimum absolute atomic E-state index is 0.0349. The van der Waals surface area contributed by atoms with Crippen LogP contribution in [0.1, 0.15) is 17.5 Å². The van der Waals surface area contributed by atoms with Gasteiger partial charge in [-0.3, -0.25) is 9.69 Å². The number of aromatic nitrogens is 2. The Bertz CT molecular complexity index is 917. The number of hydrogen-bond acceptors (Lipinski definition) is 7. The molecule has 1 aromatic heterocycles. The zero-order valence-electron chi connectivity index (χ0n) is 16.2. The van der Waals surface area contributed by atoms with Crippen LogP contribution in [0.15, 0.2) is 34.7 Å². The summed E-state index contributed by atoms with van der Waals surface area (Å²) in [5.74, 6) is 1.08. The molecule has 5 rings (SSSR count). The first-order valence-electron chi connectivity index (χ1n) is 9.91. The lowest BCUT2D eigenvalue weighted by atomic mass is 9.89. The number of cyclic esters (lactones) is 1. The number of hydrogen-bond donors (Lipinski definition) is 0. The van der Waals surface area contributed by atoms with Gasteiger partial charge in [-0.1, -0.05) is 35.4 Å². The monoisotopic (exact) mass is 397 g/mol. The van der Waals surface area contributed by atoms with Gasteiger partial charge in [0.25, 0.3) is 0 Å². The van der Waals surface area contributed by atoms with Gasteiger partial charge in [0.05, 0.1) is 12.6 Å². The summed E-state index contributed by atoms with van der Waals surface area (Å²) < 4.78 is 10.6. The highest BCUT2D eigenvalue weighted by molar-refractivity contribution is 5.83. The van der Waals surface area contributed by atoms with E-state index in [1.807, 2.05) is 23.1 Å². The van der Waals surface area contributed by atoms with Crippen LogP contribution in [0.25, 0.3) is 0 Å². The van der Waals surface area contributed by atoms with Gasteiger partial charge in [0, 0.05) is 38.4 Å². The van der Waals surface area contributed by atoms with Gasteiger partial charge in [-0.25, -0.2) is 4.79 Å². The maximum Gasteiger partial charge on any atom is 0.410 e. The highest BCUT2D eigenvalue weighted by Crippen LogP contribution is 2.45. The molecule has 3 atom stereocenters. The quantitative estimate of drug-likeness (QED) is 0.771. The first-order valence-corrected chi connectivity index (χ1v) is 9.91. The van der Waals surface area contributed by atoms with E-state index in [0.29, 0.717) is 37.5 Å². The minimum atomic E-state index is -0.410. The van der Waals surface area contributed by atoms with Gasteiger partial charge in [-0.15, -0.1) is 5.10 Å². The average molecular weight is 397 g/mol. The molecule has 9 heteroatoms. The summed E-state index contributed by atoms with van der Waals surface area (Å²) in [6, 6.07) is 10.6. The number of rotatable bonds is 4. The Morgan fingerprint density at radius 1 is 1.17 bits per heavy atom. The fraction of sp³-hybridized carbons (Fsp3) is 0.500. The van der Waals surface area contributed by atoms with Crippen LogP contribution in [-0.4, -0.2) is 71.3 Å². The third-order valence-corrected chi connectivity index (χ3v) is 6.08. The van der Waals surface area contributed by atoms with Gasteiger partial charge in [0.1, 0.15) is 13.2 Å². The average Bonchev–Trinajstić information content (AvgIpc) is 3.47. The summed E-state index contributed by atoms with van der Waals surface area (Å²) >= 11 is 0. The molecule has 0 radical (unpaired) electrons. The van der Waals surface area contributed by atoms with Crippen molar-refractivity contribution in [2.75, 3.05) is 44.2 Å². The van der Waals surface area contributed by atoms with Crippen molar-refractivity contribution in [3.63, 3.8) is 0 Å². The number of amides is 2. The van der Waals surface area contributed by atoms with Gasteiger partial charge in [0.2, 0.25) is 11.8 Å². The van der Waals surface area contributed by atoms with Crippen LogP contribution in [0.5, 0.6) is 0 Å². The summed E-state index contributed by atoms with van der Waals surface area (Å²) in [5.41, 5.74) is 1.11. The van der Waals surface area contributed by atoms with E-state index in [-0.39, 0.29) is 24.4 Å². The molecule has 0 bridgehead atoms. The van der Waals surface area contributed by atoms with Crippen molar-refractivity contribution in [3.8, 4) is 0 Å². The van der Waals surface area contributed by atoms with E-state index < -0.39 is 6.09 Å². The second kappa shape index (κ2) is 7.06. The van der Waals surface area contributed by atoms with Crippen LogP contribution in [-0.2, 0) is 9.53 Å². The number of fused-ring (bicyclic) bond motifs is 1. The molecule has 0 N–H and O–H groups in total. The van der Waals surface area contributed by atoms with Crippen molar-refractivity contribution < 1.29 is 18.7 Å². The minimum Gasteiger partial charge on any atom is -0.448 e. The number of nitrogens with zero attached hydrogens (tertiary/aromatic N) is 5. The summed E-state index contributed by atoms with van der Waals surface area (Å²) in [4.78, 5) is 30.4. The second-order valence-electron chi connectivity index (χ2n) is 7.87. The van der Waals surface area contributed by atoms with E-state index in [0.717, 1.165) is 18.7 Å². The summed E-state index contributed by atoms with van der Waals surface area (Å²) in [7, 11) is 0. The van der Waals surface area contributed by atoms with Crippen molar-refractivity contribution in [1.29, 1.82) is 0 Å². The summed E-state index contributed by atoms with van der Waals surface area (Å²) in [6.45, 7) is 4.82. The molecule has 0 aliphatic carbocycles. The Morgan fingerprint density at radius 3 is 2.69 bits per heavy atom. The molecule has 2 aromatic rings. The Morgan fingerprint density at radius 2 is 2.00 bits per heavy atom. The third kappa shape index (κ3) is 3.20. The molecule has 9 nitrogen and oxygen atoms in total. The third-order valence-electron chi connectivity index (χ3n) is 6.08. The normalized spacial score (nSPS) is 26.2. The van der Waals surface area contributed by atoms with Crippen LogP contribution in [0.4, 0.5) is 10.8 Å². The molecule has 152 valence electrons. The van der Waals surface area contributed by atoms with E-state index in [4.69, 9.17) is 9.15 Å². The molecule has 0 spiro atoms. The second-order valence-corrected chi connectivity index (χ2v) is 7.87. The first kappa shape index (κ1) is 18.0. The van der Waals surface area contributed by atoms with Crippen molar-refractivity contribution in [1.82, 2.24) is 20.0 Å². The topological polar surface area (TPSA) is 92.0 Å². The molecule has 3 aliphatic rings. The van der Waals surface area contributed by atoms with E-state index in [1.54, 1.807) is 6.92 Å². The predicted octanol–water partition coefficient (Wildman–Crippen LogP) is 1.47. The van der Waals surface area contributed by atoms with Gasteiger partial charge >= 0.3 is 12.1 Å². The molecule has 3 saturated heterocycles.